The van der Waals surface area contributed by atoms with E-state index in [0.717, 1.165) is 24.9 Å². The van der Waals surface area contributed by atoms with E-state index >= 15 is 0 Å². The number of hydrogen-bond acceptors (Lipinski definition) is 9. The van der Waals surface area contributed by atoms with Crippen molar-refractivity contribution in [2.45, 2.75) is 49.5 Å². The Hall–Kier alpha value is -2.79. The van der Waals surface area contributed by atoms with Crippen molar-refractivity contribution in [3.05, 3.63) is 40.2 Å². The number of nitrogens with zero attached hydrogens (tertiary/aromatic N) is 1. The van der Waals surface area contributed by atoms with Gasteiger partial charge in [0, 0.05) is 12.0 Å². The van der Waals surface area contributed by atoms with Crippen LogP contribution >= 0.6 is 0 Å². The fraction of sp³-hybridized carbons (Fsp3) is 0.560. The number of rotatable bonds is 3. The van der Waals surface area contributed by atoms with E-state index in [2.05, 4.69) is 10.2 Å². The van der Waals surface area contributed by atoms with Gasteiger partial charge in [-0.15, -0.1) is 0 Å². The van der Waals surface area contributed by atoms with Gasteiger partial charge in [0.1, 0.15) is 23.2 Å². The maximum Gasteiger partial charge on any atom is 0.255 e. The average Bonchev–Trinajstić information content (AvgIpc) is 3.22. The highest BCUT2D eigenvalue weighted by molar-refractivity contribution is 6.22. The lowest BCUT2D eigenvalue weighted by Gasteiger charge is -2.54. The number of fused-ring (bicyclic) bond motifs is 3. The van der Waals surface area contributed by atoms with Crippen LogP contribution in [-0.2, 0) is 16.0 Å². The monoisotopic (exact) mass is 485 g/mol. The molecular formula is C25H31N3O7. The standard InChI is InChI=1S/C25H31N3O7/c1-27-19-13-8-12-7-11-6-10(14-4-3-5-28(14)2)9-15(29)16(11)20(30)17(12)22(32)25(13,35)23(33)18(21(19)31)24(26)34/h6,9,12-14,17,19,22,27,29,32-33,35H,3-5,7-8H2,1-2H3,(H2,26,34)/t12-,13-,14?,17?,19-,22?,25-/m0/s1. The smallest absolute Gasteiger partial charge is 0.255 e. The largest absolute Gasteiger partial charge is 0.508 e. The molecule has 1 saturated heterocycles. The van der Waals surface area contributed by atoms with Gasteiger partial charge >= 0.3 is 0 Å². The van der Waals surface area contributed by atoms with Crippen molar-refractivity contribution in [1.82, 2.24) is 10.2 Å². The van der Waals surface area contributed by atoms with Crippen molar-refractivity contribution in [2.75, 3.05) is 20.6 Å². The van der Waals surface area contributed by atoms with Crippen LogP contribution in [-0.4, -0.2) is 81.2 Å². The molecule has 1 amide bonds. The Kier molecular flexibility index (Phi) is 5.55. The molecule has 3 unspecified atom stereocenters. The molecule has 1 aliphatic heterocycles. The lowest BCUT2D eigenvalue weighted by atomic mass is 9.54. The van der Waals surface area contributed by atoms with Gasteiger partial charge in [-0.3, -0.25) is 19.3 Å². The molecule has 1 aromatic carbocycles. The van der Waals surface area contributed by atoms with E-state index in [9.17, 15) is 34.8 Å². The number of benzene rings is 1. The van der Waals surface area contributed by atoms with E-state index in [4.69, 9.17) is 5.73 Å². The van der Waals surface area contributed by atoms with E-state index in [-0.39, 0.29) is 23.8 Å². The summed E-state index contributed by atoms with van der Waals surface area (Å²) in [4.78, 5) is 40.7. The highest BCUT2D eigenvalue weighted by Crippen LogP contribution is 2.53. The van der Waals surface area contributed by atoms with Gasteiger partial charge < -0.3 is 31.5 Å². The maximum atomic E-state index is 13.6. The van der Waals surface area contributed by atoms with Crippen molar-refractivity contribution in [2.24, 2.45) is 23.5 Å². The molecule has 7 N–H and O–H groups in total. The zero-order valence-corrected chi connectivity index (χ0v) is 19.7. The SMILES string of the molecule is CN[C@@H]1C(=O)C(C(N)=O)=C(O)[C@@]2(O)C(O)C3C(=O)c4c(O)cc(C5CCCN5C)cc4C[C@H]3C[C@@H]12. The van der Waals surface area contributed by atoms with E-state index in [0.29, 0.717) is 12.0 Å². The minimum atomic E-state index is -2.43. The minimum Gasteiger partial charge on any atom is -0.508 e. The number of aliphatic hydroxyl groups excluding tert-OH is 2. The second-order valence-corrected chi connectivity index (χ2v) is 10.4. The number of phenols is 1. The van der Waals surface area contributed by atoms with Gasteiger partial charge in [-0.2, -0.15) is 0 Å². The lowest BCUT2D eigenvalue weighted by Crippen LogP contribution is -2.69. The number of carbonyl (C=O) groups excluding carboxylic acids is 3. The maximum absolute atomic E-state index is 13.6. The molecular weight excluding hydrogens is 454 g/mol. The Morgan fingerprint density at radius 2 is 1.94 bits per heavy atom. The fourth-order valence-electron chi connectivity index (χ4n) is 7.03. The van der Waals surface area contributed by atoms with Crippen LogP contribution in [0.1, 0.15) is 46.8 Å². The first-order chi connectivity index (χ1) is 16.5. The number of nitrogens with one attached hydrogen (secondary N) is 1. The number of likely N-dealkylation sites (N-methyl/N-ethyl adjacent to an activating group) is 1. The van der Waals surface area contributed by atoms with Crippen LogP contribution in [0.2, 0.25) is 0 Å². The molecule has 4 aliphatic rings. The first-order valence-electron chi connectivity index (χ1n) is 12.0. The number of nitrogens with two attached hydrogens (primary N) is 1. The van der Waals surface area contributed by atoms with Gasteiger partial charge in [0.05, 0.1) is 17.5 Å². The molecule has 7 atom stereocenters. The number of aliphatic hydroxyl groups is 3. The average molecular weight is 486 g/mol. The molecule has 3 aliphatic carbocycles. The predicted molar refractivity (Wildman–Crippen MR) is 123 cm³/mol. The molecule has 188 valence electrons. The Bertz CT molecular complexity index is 1160. The third-order valence-electron chi connectivity index (χ3n) is 8.68. The Morgan fingerprint density at radius 3 is 2.54 bits per heavy atom. The van der Waals surface area contributed by atoms with Gasteiger partial charge in [-0.05, 0) is 69.4 Å². The van der Waals surface area contributed by atoms with Crippen molar-refractivity contribution >= 4 is 17.5 Å². The molecule has 0 bridgehead atoms. The zero-order chi connectivity index (χ0) is 25.4. The van der Waals surface area contributed by atoms with Crippen molar-refractivity contribution in [3.63, 3.8) is 0 Å². The summed E-state index contributed by atoms with van der Waals surface area (Å²) < 4.78 is 0. The molecule has 10 nitrogen and oxygen atoms in total. The van der Waals surface area contributed by atoms with Crippen molar-refractivity contribution in [3.8, 4) is 5.75 Å². The summed E-state index contributed by atoms with van der Waals surface area (Å²) in [5, 5.41) is 47.4. The zero-order valence-electron chi connectivity index (χ0n) is 19.7. The van der Waals surface area contributed by atoms with E-state index in [1.54, 1.807) is 6.07 Å². The van der Waals surface area contributed by atoms with Gasteiger partial charge in [0.2, 0.25) is 0 Å². The van der Waals surface area contributed by atoms with Crippen molar-refractivity contribution < 1.29 is 34.8 Å². The topological polar surface area (TPSA) is 173 Å². The molecule has 1 aromatic rings. The molecule has 10 heteroatoms. The number of aromatic hydroxyl groups is 1. The van der Waals surface area contributed by atoms with E-state index in [1.165, 1.54) is 7.05 Å². The number of likely N-dealkylation sites (tertiary alicyclic amines) is 1. The van der Waals surface area contributed by atoms with Crippen LogP contribution in [0.5, 0.6) is 5.75 Å². The number of ketones is 2. The summed E-state index contributed by atoms with van der Waals surface area (Å²) in [6.45, 7) is 0.947. The van der Waals surface area contributed by atoms with Crippen molar-refractivity contribution in [1.29, 1.82) is 0 Å². The second kappa shape index (κ2) is 8.12. The molecule has 0 spiro atoms. The number of carbonyl (C=O) groups is 3. The van der Waals surface area contributed by atoms with Gasteiger partial charge in [-0.1, -0.05) is 6.07 Å². The molecule has 2 fully saturated rings. The minimum absolute atomic E-state index is 0.104. The fourth-order valence-corrected chi connectivity index (χ4v) is 7.03. The summed E-state index contributed by atoms with van der Waals surface area (Å²) in [6.07, 6.45) is 0.655. The second-order valence-electron chi connectivity index (χ2n) is 10.4. The number of hydrogen-bond donors (Lipinski definition) is 6. The summed E-state index contributed by atoms with van der Waals surface area (Å²) in [5.41, 5.74) is 3.80. The Labute approximate surface area is 202 Å². The molecule has 35 heavy (non-hydrogen) atoms. The summed E-state index contributed by atoms with van der Waals surface area (Å²) >= 11 is 0. The molecule has 0 aromatic heterocycles. The number of phenolic OH excluding ortho intramolecular Hbond substituents is 1. The molecule has 1 saturated carbocycles. The van der Waals surface area contributed by atoms with Gasteiger partial charge in [0.15, 0.2) is 17.2 Å². The Balaban J connectivity index is 1.60. The molecule has 1 heterocycles. The summed E-state index contributed by atoms with van der Waals surface area (Å²) in [6, 6.07) is 2.58. The third-order valence-corrected chi connectivity index (χ3v) is 8.68. The summed E-state index contributed by atoms with van der Waals surface area (Å²) in [7, 11) is 3.50. The van der Waals surface area contributed by atoms with Crippen LogP contribution in [0.25, 0.3) is 0 Å². The van der Waals surface area contributed by atoms with Crippen LogP contribution in [0, 0.1) is 17.8 Å². The summed E-state index contributed by atoms with van der Waals surface area (Å²) in [5.74, 6) is -6.28. The van der Waals surface area contributed by atoms with E-state index < -0.39 is 64.3 Å². The highest BCUT2D eigenvalue weighted by Gasteiger charge is 2.65. The van der Waals surface area contributed by atoms with Crippen LogP contribution in [0.4, 0.5) is 0 Å². The van der Waals surface area contributed by atoms with Crippen LogP contribution < -0.4 is 11.1 Å². The van der Waals surface area contributed by atoms with Gasteiger partial charge in [0.25, 0.3) is 5.91 Å². The number of Topliss-reactive ketones (excluding diaryl/α,β-unsaturated/α-hetero) is 2. The first-order valence-corrected chi connectivity index (χ1v) is 12.0. The van der Waals surface area contributed by atoms with Crippen LogP contribution in [0.15, 0.2) is 23.5 Å². The first kappa shape index (κ1) is 23.9. The third kappa shape index (κ3) is 3.20. The normalized spacial score (nSPS) is 37.1. The molecule has 0 radical (unpaired) electrons. The Morgan fingerprint density at radius 1 is 1.23 bits per heavy atom. The lowest BCUT2D eigenvalue weighted by molar-refractivity contribution is -0.176. The predicted octanol–water partition coefficient (Wildman–Crippen LogP) is -0.290. The van der Waals surface area contributed by atoms with Crippen LogP contribution in [0.3, 0.4) is 0 Å². The number of primary amides is 1. The number of amides is 1. The van der Waals surface area contributed by atoms with Gasteiger partial charge in [-0.25, -0.2) is 0 Å². The quantitative estimate of drug-likeness (QED) is 0.314. The highest BCUT2D eigenvalue weighted by atomic mass is 16.4. The van der Waals surface area contributed by atoms with E-state index in [1.807, 2.05) is 13.1 Å². The molecule has 5 rings (SSSR count).